The first kappa shape index (κ1) is 29.7. The molecular weight excluding hydrogens is 552 g/mol. The Morgan fingerprint density at radius 2 is 1.39 bits per heavy atom. The molecule has 1 saturated heterocycles. The zero-order valence-corrected chi connectivity index (χ0v) is 26.7. The van der Waals surface area contributed by atoms with Crippen molar-refractivity contribution in [2.24, 2.45) is 0 Å². The molecule has 0 atom stereocenters. The van der Waals surface area contributed by atoms with Gasteiger partial charge in [0.2, 0.25) is 0 Å². The van der Waals surface area contributed by atoms with E-state index in [-0.39, 0.29) is 19.3 Å². The molecule has 5 aliphatic heterocycles. The Balaban J connectivity index is 0.000000181. The lowest BCUT2D eigenvalue weighted by Crippen LogP contribution is -2.33. The third-order valence-corrected chi connectivity index (χ3v) is 8.86. The van der Waals surface area contributed by atoms with Crippen molar-refractivity contribution >= 4 is 56.0 Å². The number of nitrogens with zero attached hydrogens (tertiary/aromatic N) is 5. The van der Waals surface area contributed by atoms with E-state index in [0.717, 1.165) is 39.5 Å². The van der Waals surface area contributed by atoms with Crippen LogP contribution in [0.5, 0.6) is 0 Å². The Morgan fingerprint density at radius 1 is 0.795 bits per heavy atom. The predicted molar refractivity (Wildman–Crippen MR) is 171 cm³/mol. The van der Waals surface area contributed by atoms with Crippen molar-refractivity contribution < 1.29 is 28.2 Å². The molecule has 222 valence electrons. The number of imide groups is 1. The maximum absolute atomic E-state index is 12.3. The quantitative estimate of drug-likeness (QED) is 0.394. The Bertz CT molecular complexity index is 1860. The minimum Gasteiger partial charge on any atom is -0.330 e. The average Bonchev–Trinajstić information content (AvgIpc) is 3.71. The zero-order valence-electron chi connectivity index (χ0n) is 26.7. The second-order valence-electron chi connectivity index (χ2n) is 12.2. The van der Waals surface area contributed by atoms with Gasteiger partial charge >= 0.3 is 21.1 Å². The molecule has 7 rings (SSSR count). The Kier molecular flexibility index (Phi) is 7.38. The number of aryl methyl sites for hydroxylation is 4. The maximum Gasteiger partial charge on any atom is 0.699 e. The van der Waals surface area contributed by atoms with E-state index in [1.807, 2.05) is 0 Å². The van der Waals surface area contributed by atoms with Gasteiger partial charge in [0.25, 0.3) is 11.8 Å². The van der Waals surface area contributed by atoms with Crippen LogP contribution in [0.15, 0.2) is 46.8 Å². The van der Waals surface area contributed by atoms with Crippen molar-refractivity contribution in [2.45, 2.75) is 81.1 Å². The van der Waals surface area contributed by atoms with E-state index in [1.54, 1.807) is 0 Å². The first-order chi connectivity index (χ1) is 20.8. The normalized spacial score (nSPS) is 18.2. The van der Waals surface area contributed by atoms with E-state index in [9.17, 15) is 14.4 Å². The minimum atomic E-state index is -0.578. The Hall–Kier alpha value is -4.40. The van der Waals surface area contributed by atoms with E-state index in [0.29, 0.717) is 11.5 Å². The molecular formula is C33H37B2N5O4+2. The fourth-order valence-corrected chi connectivity index (χ4v) is 6.79. The summed E-state index contributed by atoms with van der Waals surface area (Å²) in [6, 6.07) is 4.36. The third-order valence-electron chi connectivity index (χ3n) is 8.86. The summed E-state index contributed by atoms with van der Waals surface area (Å²) in [6.07, 6.45) is 7.37. The fraction of sp³-hybridized carbons (Fsp3) is 0.364. The summed E-state index contributed by atoms with van der Waals surface area (Å²) in [7, 11) is 4.27. The van der Waals surface area contributed by atoms with Crippen molar-refractivity contribution in [3.8, 4) is 0 Å². The highest BCUT2D eigenvalue weighted by Crippen LogP contribution is 2.37. The number of hydrogen-bond donors (Lipinski definition) is 0. The molecule has 2 radical (unpaired) electrons. The molecule has 9 nitrogen and oxygen atoms in total. The molecule has 5 aliphatic rings. The van der Waals surface area contributed by atoms with Gasteiger partial charge < -0.3 is 13.8 Å². The predicted octanol–water partition coefficient (Wildman–Crippen LogP) is 4.31. The van der Waals surface area contributed by atoms with Gasteiger partial charge in [0.05, 0.1) is 6.42 Å². The van der Waals surface area contributed by atoms with Crippen LogP contribution in [-0.2, 0) is 19.2 Å². The first-order valence-corrected chi connectivity index (χ1v) is 15.1. The molecule has 2 aromatic heterocycles. The lowest BCUT2D eigenvalue weighted by Gasteiger charge is -2.20. The standard InChI is InChI=1S/C20H22BN3O4.C13H15BN2/c1-11-9-13(3)22-19(11)15(20-12(2)10-14(4)23(20)21-22)5-8-18(27)28-24-16(25)6-7-17(24)26;1-8-5-10(3)15-12(8)7-13-9(2)6-11(4)16(13)14-15/h9-10H,5-8H2,1-4H3;5-7H,1-4H3/q2*+1. The van der Waals surface area contributed by atoms with Gasteiger partial charge in [-0.1, -0.05) is 0 Å². The van der Waals surface area contributed by atoms with Gasteiger partial charge in [-0.25, -0.2) is 4.79 Å². The first-order valence-electron chi connectivity index (χ1n) is 15.1. The topological polar surface area (TPSA) is 79.6 Å². The monoisotopic (exact) mass is 589 g/mol. The lowest BCUT2D eigenvalue weighted by molar-refractivity contribution is -0.315. The molecule has 1 fully saturated rings. The summed E-state index contributed by atoms with van der Waals surface area (Å²) in [6.45, 7) is 16.9. The summed E-state index contributed by atoms with van der Waals surface area (Å²) >= 11 is 0. The second kappa shape index (κ2) is 10.9. The third kappa shape index (κ3) is 4.88. The summed E-state index contributed by atoms with van der Waals surface area (Å²) in [5.41, 5.74) is 15.7. The van der Waals surface area contributed by atoms with Gasteiger partial charge in [0.1, 0.15) is 0 Å². The molecule has 44 heavy (non-hydrogen) atoms. The van der Waals surface area contributed by atoms with Gasteiger partial charge in [-0.05, 0) is 71.2 Å². The Morgan fingerprint density at radius 3 is 2.09 bits per heavy atom. The lowest BCUT2D eigenvalue weighted by atomic mass is 9.91. The summed E-state index contributed by atoms with van der Waals surface area (Å²) < 4.78 is 8.80. The SMILES string of the molecule is CC1=CC(C)=[N+]2[B]n3c(C)cc(C)c3C(CCC(=O)ON3C(=O)CCC3=O)=C12.CC1=CC(C)=[N+]2[B]n3c(C)cc(C)c3C=C12. The van der Waals surface area contributed by atoms with Gasteiger partial charge in [-0.15, -0.1) is 5.06 Å². The highest BCUT2D eigenvalue weighted by Gasteiger charge is 2.40. The van der Waals surface area contributed by atoms with Crippen LogP contribution in [0.3, 0.4) is 0 Å². The van der Waals surface area contributed by atoms with E-state index >= 15 is 0 Å². The van der Waals surface area contributed by atoms with Crippen molar-refractivity contribution in [3.63, 3.8) is 0 Å². The van der Waals surface area contributed by atoms with Crippen LogP contribution in [0.4, 0.5) is 0 Å². The number of fused-ring (bicyclic) bond motifs is 4. The van der Waals surface area contributed by atoms with Crippen LogP contribution >= 0.6 is 0 Å². The molecule has 0 aromatic carbocycles. The number of rotatable bonds is 4. The van der Waals surface area contributed by atoms with Crippen LogP contribution in [0.1, 0.15) is 87.3 Å². The number of carbonyl (C=O) groups excluding carboxylic acids is 3. The molecule has 0 bridgehead atoms. The maximum atomic E-state index is 12.3. The van der Waals surface area contributed by atoms with Gasteiger partial charge in [-0.3, -0.25) is 18.6 Å². The molecule has 2 aromatic rings. The number of carbonyl (C=O) groups is 3. The number of amides is 2. The molecule has 7 heterocycles. The molecule has 0 aliphatic carbocycles. The van der Waals surface area contributed by atoms with E-state index < -0.39 is 17.8 Å². The average molecular weight is 589 g/mol. The van der Waals surface area contributed by atoms with E-state index in [2.05, 4.69) is 119 Å². The summed E-state index contributed by atoms with van der Waals surface area (Å²) in [4.78, 5) is 40.7. The Labute approximate surface area is 259 Å². The molecule has 0 unspecified atom stereocenters. The van der Waals surface area contributed by atoms with Crippen LogP contribution in [0.2, 0.25) is 0 Å². The fourth-order valence-electron chi connectivity index (χ4n) is 6.79. The highest BCUT2D eigenvalue weighted by molar-refractivity contribution is 6.29. The van der Waals surface area contributed by atoms with Crippen LogP contribution in [0.25, 0.3) is 11.6 Å². The second-order valence-corrected chi connectivity index (χ2v) is 12.2. The molecule has 0 spiro atoms. The number of allylic oxidation sites excluding steroid dienone is 5. The molecule has 0 N–H and O–H groups in total. The molecule has 0 saturated carbocycles. The smallest absolute Gasteiger partial charge is 0.330 e. The van der Waals surface area contributed by atoms with Crippen molar-refractivity contribution in [1.29, 1.82) is 0 Å². The van der Waals surface area contributed by atoms with Gasteiger partial charge in [-0.2, -0.15) is 0 Å². The minimum absolute atomic E-state index is 0.0831. The van der Waals surface area contributed by atoms with Crippen molar-refractivity contribution in [1.82, 2.24) is 14.0 Å². The van der Waals surface area contributed by atoms with Crippen LogP contribution < -0.4 is 0 Å². The summed E-state index contributed by atoms with van der Waals surface area (Å²) in [5, 5.41) is 0.609. The zero-order chi connectivity index (χ0) is 31.6. The number of hydroxylamine groups is 2. The van der Waals surface area contributed by atoms with Crippen molar-refractivity contribution in [3.05, 3.63) is 80.7 Å². The molecule has 11 heteroatoms. The highest BCUT2D eigenvalue weighted by atomic mass is 16.7. The molecule has 2 amide bonds. The summed E-state index contributed by atoms with van der Waals surface area (Å²) in [5.74, 6) is -1.50. The van der Waals surface area contributed by atoms with E-state index in [4.69, 9.17) is 4.84 Å². The van der Waals surface area contributed by atoms with Crippen LogP contribution in [0, 0.1) is 27.7 Å². The van der Waals surface area contributed by atoms with E-state index in [1.165, 1.54) is 33.9 Å². The van der Waals surface area contributed by atoms with Crippen LogP contribution in [-0.4, -0.2) is 67.3 Å². The van der Waals surface area contributed by atoms with Crippen molar-refractivity contribution in [2.75, 3.05) is 0 Å². The number of aromatic nitrogens is 2. The largest absolute Gasteiger partial charge is 0.699 e. The van der Waals surface area contributed by atoms with Gasteiger partial charge in [0.15, 0.2) is 22.8 Å². The number of hydrogen-bond acceptors (Lipinski definition) is 4. The van der Waals surface area contributed by atoms with Gasteiger partial charge in [0, 0.05) is 84.4 Å².